The summed E-state index contributed by atoms with van der Waals surface area (Å²) < 4.78 is 0. The van der Waals surface area contributed by atoms with E-state index in [1.165, 1.54) is 44.9 Å². The van der Waals surface area contributed by atoms with Gasteiger partial charge in [0.2, 0.25) is 0 Å². The maximum atomic E-state index is 5.70. The minimum atomic E-state index is 0.840. The first-order valence-electron chi connectivity index (χ1n) is 6.46. The molecule has 1 rings (SSSR count). The van der Waals surface area contributed by atoms with E-state index in [2.05, 4.69) is 13.8 Å². The fourth-order valence-corrected chi connectivity index (χ4v) is 2.88. The summed E-state index contributed by atoms with van der Waals surface area (Å²) in [5.41, 5.74) is 5.70. The summed E-state index contributed by atoms with van der Waals surface area (Å²) in [6.45, 7) is 5.62. The zero-order valence-corrected chi connectivity index (χ0v) is 9.97. The molecule has 0 aromatic heterocycles. The largest absolute Gasteiger partial charge is 0.330 e. The van der Waals surface area contributed by atoms with Gasteiger partial charge in [-0.05, 0) is 43.6 Å². The van der Waals surface area contributed by atoms with Crippen LogP contribution < -0.4 is 5.73 Å². The minimum Gasteiger partial charge on any atom is -0.330 e. The topological polar surface area (TPSA) is 26.0 Å². The summed E-state index contributed by atoms with van der Waals surface area (Å²) in [5.74, 6) is 2.80. The van der Waals surface area contributed by atoms with Crippen LogP contribution in [0.2, 0.25) is 0 Å². The van der Waals surface area contributed by atoms with Crippen molar-refractivity contribution in [1.82, 2.24) is 0 Å². The Labute approximate surface area is 89.5 Å². The Morgan fingerprint density at radius 3 is 2.21 bits per heavy atom. The molecule has 0 aliphatic heterocycles. The second kappa shape index (κ2) is 6.44. The van der Waals surface area contributed by atoms with Crippen molar-refractivity contribution in [1.29, 1.82) is 0 Å². The van der Waals surface area contributed by atoms with E-state index in [0.29, 0.717) is 0 Å². The molecule has 0 aromatic carbocycles. The molecule has 14 heavy (non-hydrogen) atoms. The maximum absolute atomic E-state index is 5.70. The summed E-state index contributed by atoms with van der Waals surface area (Å²) in [4.78, 5) is 0. The van der Waals surface area contributed by atoms with Crippen LogP contribution in [0.5, 0.6) is 0 Å². The predicted molar refractivity (Wildman–Crippen MR) is 63.2 cm³/mol. The molecule has 1 nitrogen and oxygen atoms in total. The van der Waals surface area contributed by atoms with Gasteiger partial charge in [0, 0.05) is 0 Å². The molecule has 2 N–H and O–H groups in total. The van der Waals surface area contributed by atoms with Crippen LogP contribution in [-0.4, -0.2) is 6.54 Å². The Hall–Kier alpha value is -0.0400. The Bertz CT molecular complexity index is 136. The van der Waals surface area contributed by atoms with Crippen molar-refractivity contribution in [2.75, 3.05) is 6.54 Å². The van der Waals surface area contributed by atoms with Crippen molar-refractivity contribution in [3.8, 4) is 0 Å². The standard InChI is InChI=1S/C13H27N/c1-3-4-11(2)9-12-5-7-13(10-14)8-6-12/h11-13H,3-10,14H2,1-2H3/t11?,12-,13+. The monoisotopic (exact) mass is 197 g/mol. The fourth-order valence-electron chi connectivity index (χ4n) is 2.88. The van der Waals surface area contributed by atoms with Gasteiger partial charge in [-0.25, -0.2) is 0 Å². The summed E-state index contributed by atoms with van der Waals surface area (Å²) in [5, 5.41) is 0. The lowest BCUT2D eigenvalue weighted by molar-refractivity contribution is 0.239. The number of rotatable bonds is 5. The highest BCUT2D eigenvalue weighted by molar-refractivity contribution is 4.74. The molecular weight excluding hydrogens is 170 g/mol. The van der Waals surface area contributed by atoms with Gasteiger partial charge in [-0.1, -0.05) is 39.5 Å². The molecule has 0 radical (unpaired) electrons. The number of hydrogen-bond donors (Lipinski definition) is 1. The number of nitrogens with two attached hydrogens (primary N) is 1. The van der Waals surface area contributed by atoms with Gasteiger partial charge in [0.1, 0.15) is 0 Å². The zero-order chi connectivity index (χ0) is 10.4. The van der Waals surface area contributed by atoms with Gasteiger partial charge >= 0.3 is 0 Å². The molecule has 0 amide bonds. The fraction of sp³-hybridized carbons (Fsp3) is 1.00. The van der Waals surface area contributed by atoms with Gasteiger partial charge in [-0.3, -0.25) is 0 Å². The van der Waals surface area contributed by atoms with Crippen molar-refractivity contribution >= 4 is 0 Å². The second-order valence-electron chi connectivity index (χ2n) is 5.25. The average molecular weight is 197 g/mol. The summed E-state index contributed by atoms with van der Waals surface area (Å²) in [6.07, 6.45) is 9.88. The Balaban J connectivity index is 2.15. The summed E-state index contributed by atoms with van der Waals surface area (Å²) in [7, 11) is 0. The van der Waals surface area contributed by atoms with E-state index in [0.717, 1.165) is 24.3 Å². The van der Waals surface area contributed by atoms with Gasteiger partial charge < -0.3 is 5.73 Å². The van der Waals surface area contributed by atoms with Crippen molar-refractivity contribution in [3.63, 3.8) is 0 Å². The Kier molecular flexibility index (Phi) is 5.54. The van der Waals surface area contributed by atoms with E-state index < -0.39 is 0 Å². The Morgan fingerprint density at radius 2 is 1.71 bits per heavy atom. The molecule has 1 heteroatoms. The van der Waals surface area contributed by atoms with E-state index >= 15 is 0 Å². The van der Waals surface area contributed by atoms with Crippen LogP contribution in [0.3, 0.4) is 0 Å². The van der Waals surface area contributed by atoms with Gasteiger partial charge in [-0.15, -0.1) is 0 Å². The van der Waals surface area contributed by atoms with Crippen LogP contribution >= 0.6 is 0 Å². The first-order chi connectivity index (χ1) is 6.76. The van der Waals surface area contributed by atoms with Crippen LogP contribution in [-0.2, 0) is 0 Å². The van der Waals surface area contributed by atoms with Crippen LogP contribution in [0, 0.1) is 17.8 Å². The molecular formula is C13H27N. The van der Waals surface area contributed by atoms with Crippen molar-refractivity contribution < 1.29 is 0 Å². The molecule has 1 saturated carbocycles. The zero-order valence-electron chi connectivity index (χ0n) is 9.97. The molecule has 1 unspecified atom stereocenters. The SMILES string of the molecule is CCCC(C)C[C@H]1CC[C@@H](CN)CC1. The van der Waals surface area contributed by atoms with Crippen LogP contribution in [0.1, 0.15) is 58.8 Å². The number of hydrogen-bond acceptors (Lipinski definition) is 1. The molecule has 0 spiro atoms. The van der Waals surface area contributed by atoms with Crippen LogP contribution in [0.15, 0.2) is 0 Å². The third-order valence-corrected chi connectivity index (χ3v) is 3.82. The lowest BCUT2D eigenvalue weighted by Gasteiger charge is -2.29. The third kappa shape index (κ3) is 4.00. The summed E-state index contributed by atoms with van der Waals surface area (Å²) >= 11 is 0. The van der Waals surface area contributed by atoms with E-state index in [-0.39, 0.29) is 0 Å². The normalized spacial score (nSPS) is 30.2. The van der Waals surface area contributed by atoms with Crippen LogP contribution in [0.25, 0.3) is 0 Å². The molecule has 84 valence electrons. The van der Waals surface area contributed by atoms with Crippen molar-refractivity contribution in [3.05, 3.63) is 0 Å². The van der Waals surface area contributed by atoms with Crippen molar-refractivity contribution in [2.24, 2.45) is 23.5 Å². The van der Waals surface area contributed by atoms with Gasteiger partial charge in [0.05, 0.1) is 0 Å². The first-order valence-corrected chi connectivity index (χ1v) is 6.46. The third-order valence-electron chi connectivity index (χ3n) is 3.82. The summed E-state index contributed by atoms with van der Waals surface area (Å²) in [6, 6.07) is 0. The van der Waals surface area contributed by atoms with E-state index in [4.69, 9.17) is 5.73 Å². The van der Waals surface area contributed by atoms with E-state index in [1.807, 2.05) is 0 Å². The predicted octanol–water partition coefficient (Wildman–Crippen LogP) is 3.58. The van der Waals surface area contributed by atoms with Crippen LogP contribution in [0.4, 0.5) is 0 Å². The molecule has 0 bridgehead atoms. The highest BCUT2D eigenvalue weighted by atomic mass is 14.5. The van der Waals surface area contributed by atoms with Gasteiger partial charge in [-0.2, -0.15) is 0 Å². The quantitative estimate of drug-likeness (QED) is 0.716. The highest BCUT2D eigenvalue weighted by Crippen LogP contribution is 2.32. The molecule has 1 aliphatic rings. The maximum Gasteiger partial charge on any atom is -0.00489 e. The van der Waals surface area contributed by atoms with Gasteiger partial charge in [0.15, 0.2) is 0 Å². The minimum absolute atomic E-state index is 0.840. The lowest BCUT2D eigenvalue weighted by Crippen LogP contribution is -2.22. The Morgan fingerprint density at radius 1 is 1.14 bits per heavy atom. The van der Waals surface area contributed by atoms with E-state index in [9.17, 15) is 0 Å². The average Bonchev–Trinajstić information content (AvgIpc) is 2.19. The smallest absolute Gasteiger partial charge is 0.00489 e. The molecule has 1 fully saturated rings. The molecule has 0 aromatic rings. The van der Waals surface area contributed by atoms with E-state index in [1.54, 1.807) is 0 Å². The molecule has 1 atom stereocenters. The highest BCUT2D eigenvalue weighted by Gasteiger charge is 2.21. The first kappa shape index (κ1) is 12.0. The van der Waals surface area contributed by atoms with Gasteiger partial charge in [0.25, 0.3) is 0 Å². The van der Waals surface area contributed by atoms with Crippen molar-refractivity contribution in [2.45, 2.75) is 58.8 Å². The molecule has 0 saturated heterocycles. The molecule has 1 aliphatic carbocycles. The molecule has 0 heterocycles. The second-order valence-corrected chi connectivity index (χ2v) is 5.25. The lowest BCUT2D eigenvalue weighted by atomic mass is 9.78.